The third kappa shape index (κ3) is 4.29. The zero-order valence-corrected chi connectivity index (χ0v) is 20.6. The number of benzene rings is 3. The first-order valence-corrected chi connectivity index (χ1v) is 12.1. The molecule has 5 rings (SSSR count). The second-order valence-corrected chi connectivity index (χ2v) is 9.19. The third-order valence-corrected chi connectivity index (χ3v) is 7.00. The fraction of sp³-hybridized carbons (Fsp3) is 0.241. The predicted octanol–water partition coefficient (Wildman–Crippen LogP) is 5.22. The van der Waals surface area contributed by atoms with Gasteiger partial charge in [-0.2, -0.15) is 5.26 Å². The zero-order chi connectivity index (χ0) is 26.1. The number of rotatable bonds is 5. The number of ether oxygens (including phenoxy) is 1. The SMILES string of the molecule is COC(=O)N1c2ccc3c(nc(CC(C(=O)O)c4ccccc4)n3-c3ccc(C#N)cc3)c2CC[C@@H]1C. The molecule has 2 heterocycles. The molecule has 8 heteroatoms. The van der Waals surface area contributed by atoms with Crippen LogP contribution in [-0.2, 0) is 22.4 Å². The van der Waals surface area contributed by atoms with Crippen molar-refractivity contribution in [3.05, 3.63) is 89.2 Å². The number of aromatic nitrogens is 2. The minimum atomic E-state index is -0.933. The van der Waals surface area contributed by atoms with E-state index in [1.54, 1.807) is 17.0 Å². The Morgan fingerprint density at radius 3 is 2.51 bits per heavy atom. The minimum absolute atomic E-state index is 0.0213. The smallest absolute Gasteiger partial charge is 0.414 e. The van der Waals surface area contributed by atoms with Crippen LogP contribution in [0.3, 0.4) is 0 Å². The molecule has 8 nitrogen and oxygen atoms in total. The Balaban J connectivity index is 1.71. The van der Waals surface area contributed by atoms with Crippen molar-refractivity contribution in [3.63, 3.8) is 0 Å². The molecule has 1 unspecified atom stereocenters. The molecule has 1 aliphatic heterocycles. The molecule has 1 aliphatic rings. The lowest BCUT2D eigenvalue weighted by atomic mass is 9.95. The molecule has 0 radical (unpaired) electrons. The Labute approximate surface area is 214 Å². The van der Waals surface area contributed by atoms with Gasteiger partial charge in [0.15, 0.2) is 0 Å². The van der Waals surface area contributed by atoms with Crippen molar-refractivity contribution in [3.8, 4) is 11.8 Å². The van der Waals surface area contributed by atoms with Crippen molar-refractivity contribution >= 4 is 28.8 Å². The summed E-state index contributed by atoms with van der Waals surface area (Å²) >= 11 is 0. The molecule has 2 atom stereocenters. The maximum Gasteiger partial charge on any atom is 0.414 e. The van der Waals surface area contributed by atoms with E-state index in [2.05, 4.69) is 6.07 Å². The van der Waals surface area contributed by atoms with E-state index < -0.39 is 18.0 Å². The number of aryl methyl sites for hydroxylation is 1. The second-order valence-electron chi connectivity index (χ2n) is 9.19. The number of carbonyl (C=O) groups is 2. The van der Waals surface area contributed by atoms with Crippen molar-refractivity contribution in [1.29, 1.82) is 5.26 Å². The molecule has 0 saturated heterocycles. The van der Waals surface area contributed by atoms with Crippen LogP contribution in [0.25, 0.3) is 16.7 Å². The third-order valence-electron chi connectivity index (χ3n) is 7.00. The van der Waals surface area contributed by atoms with Crippen LogP contribution in [0.2, 0.25) is 0 Å². The van der Waals surface area contributed by atoms with E-state index in [9.17, 15) is 20.0 Å². The number of carboxylic acid groups (broad SMARTS) is 1. The summed E-state index contributed by atoms with van der Waals surface area (Å²) in [5, 5.41) is 19.4. The number of hydrogen-bond acceptors (Lipinski definition) is 5. The highest BCUT2D eigenvalue weighted by atomic mass is 16.5. The number of carbonyl (C=O) groups excluding carboxylic acids is 1. The van der Waals surface area contributed by atoms with Gasteiger partial charge in [0.2, 0.25) is 0 Å². The Morgan fingerprint density at radius 1 is 1.14 bits per heavy atom. The van der Waals surface area contributed by atoms with Crippen LogP contribution in [0, 0.1) is 11.3 Å². The van der Waals surface area contributed by atoms with Crippen molar-refractivity contribution in [2.45, 2.75) is 38.1 Å². The van der Waals surface area contributed by atoms with Crippen LogP contribution in [0.5, 0.6) is 0 Å². The van der Waals surface area contributed by atoms with Crippen molar-refractivity contribution in [2.75, 3.05) is 12.0 Å². The summed E-state index contributed by atoms with van der Waals surface area (Å²) < 4.78 is 7.00. The van der Waals surface area contributed by atoms with Crippen LogP contribution >= 0.6 is 0 Å². The second kappa shape index (κ2) is 9.78. The first-order chi connectivity index (χ1) is 17.9. The van der Waals surface area contributed by atoms with Crippen molar-refractivity contribution < 1.29 is 19.4 Å². The van der Waals surface area contributed by atoms with E-state index in [1.807, 2.05) is 66.1 Å². The van der Waals surface area contributed by atoms with Gasteiger partial charge in [-0.25, -0.2) is 9.78 Å². The number of imidazole rings is 1. The number of hydrogen-bond donors (Lipinski definition) is 1. The van der Waals surface area contributed by atoms with E-state index in [1.165, 1.54) is 7.11 Å². The molecule has 0 spiro atoms. The summed E-state index contributed by atoms with van der Waals surface area (Å²) in [5.41, 5.74) is 5.24. The molecule has 0 saturated carbocycles. The molecule has 186 valence electrons. The number of methoxy groups -OCH3 is 1. The quantitative estimate of drug-likeness (QED) is 0.408. The molecule has 1 amide bonds. The number of nitrogens with zero attached hydrogens (tertiary/aromatic N) is 4. The molecule has 4 aromatic rings. The molecule has 0 aliphatic carbocycles. The molecule has 0 fully saturated rings. The van der Waals surface area contributed by atoms with Crippen molar-refractivity contribution in [1.82, 2.24) is 9.55 Å². The maximum absolute atomic E-state index is 12.6. The van der Waals surface area contributed by atoms with E-state index in [0.717, 1.165) is 40.8 Å². The predicted molar refractivity (Wildman–Crippen MR) is 139 cm³/mol. The molecule has 3 aromatic carbocycles. The summed E-state index contributed by atoms with van der Waals surface area (Å²) in [6, 6.07) is 22.2. The van der Waals surface area contributed by atoms with Crippen LogP contribution in [0.4, 0.5) is 10.5 Å². The van der Waals surface area contributed by atoms with Gasteiger partial charge in [-0.3, -0.25) is 14.3 Å². The Morgan fingerprint density at radius 2 is 1.86 bits per heavy atom. The molecule has 1 N–H and O–H groups in total. The molecular formula is C29H26N4O4. The van der Waals surface area contributed by atoms with Crippen LogP contribution in [0.1, 0.15) is 41.8 Å². The van der Waals surface area contributed by atoms with Gasteiger partial charge >= 0.3 is 12.1 Å². The van der Waals surface area contributed by atoms with Gasteiger partial charge in [-0.1, -0.05) is 30.3 Å². The summed E-state index contributed by atoms with van der Waals surface area (Å²) in [7, 11) is 1.37. The average molecular weight is 495 g/mol. The van der Waals surface area contributed by atoms with Gasteiger partial charge in [0.25, 0.3) is 0 Å². The lowest BCUT2D eigenvalue weighted by molar-refractivity contribution is -0.138. The highest BCUT2D eigenvalue weighted by Crippen LogP contribution is 2.38. The highest BCUT2D eigenvalue weighted by Gasteiger charge is 2.32. The van der Waals surface area contributed by atoms with Gasteiger partial charge in [-0.15, -0.1) is 0 Å². The first-order valence-electron chi connectivity index (χ1n) is 12.1. The Hall–Kier alpha value is -4.64. The van der Waals surface area contributed by atoms with E-state index >= 15 is 0 Å². The molecule has 0 bridgehead atoms. The van der Waals surface area contributed by atoms with Gasteiger partial charge < -0.3 is 9.84 Å². The number of fused-ring (bicyclic) bond motifs is 3. The average Bonchev–Trinajstić information content (AvgIpc) is 3.30. The number of anilines is 1. The summed E-state index contributed by atoms with van der Waals surface area (Å²) in [6.45, 7) is 1.99. The van der Waals surface area contributed by atoms with Gasteiger partial charge in [0.1, 0.15) is 5.82 Å². The van der Waals surface area contributed by atoms with Gasteiger partial charge in [-0.05, 0) is 61.7 Å². The topological polar surface area (TPSA) is 108 Å². The zero-order valence-electron chi connectivity index (χ0n) is 20.6. The fourth-order valence-corrected chi connectivity index (χ4v) is 5.13. The minimum Gasteiger partial charge on any atom is -0.481 e. The number of amides is 1. The highest BCUT2D eigenvalue weighted by molar-refractivity contribution is 5.96. The molecular weight excluding hydrogens is 468 g/mol. The summed E-state index contributed by atoms with van der Waals surface area (Å²) in [6.07, 6.45) is 1.23. The van der Waals surface area contributed by atoms with Crippen LogP contribution < -0.4 is 4.90 Å². The molecule has 37 heavy (non-hydrogen) atoms. The fourth-order valence-electron chi connectivity index (χ4n) is 5.13. The van der Waals surface area contributed by atoms with Gasteiger partial charge in [0, 0.05) is 23.7 Å². The lowest BCUT2D eigenvalue weighted by Crippen LogP contribution is -2.42. The molecule has 1 aromatic heterocycles. The first kappa shape index (κ1) is 24.1. The monoisotopic (exact) mass is 494 g/mol. The van der Waals surface area contributed by atoms with E-state index in [-0.39, 0.29) is 12.5 Å². The van der Waals surface area contributed by atoms with Gasteiger partial charge in [0.05, 0.1) is 41.4 Å². The Kier molecular flexibility index (Phi) is 6.36. The lowest BCUT2D eigenvalue weighted by Gasteiger charge is -2.34. The van der Waals surface area contributed by atoms with E-state index in [0.29, 0.717) is 17.0 Å². The Bertz CT molecular complexity index is 1520. The largest absolute Gasteiger partial charge is 0.481 e. The van der Waals surface area contributed by atoms with Crippen molar-refractivity contribution in [2.24, 2.45) is 0 Å². The normalized spacial score (nSPS) is 15.6. The summed E-state index contributed by atoms with van der Waals surface area (Å²) in [5.74, 6) is -1.14. The van der Waals surface area contributed by atoms with E-state index in [4.69, 9.17) is 9.72 Å². The van der Waals surface area contributed by atoms with Crippen LogP contribution in [-0.4, -0.2) is 39.9 Å². The maximum atomic E-state index is 12.6. The number of nitriles is 1. The van der Waals surface area contributed by atoms with Crippen LogP contribution in [0.15, 0.2) is 66.7 Å². The summed E-state index contributed by atoms with van der Waals surface area (Å²) in [4.78, 5) is 31.6. The number of aliphatic carboxylic acids is 1. The number of carboxylic acids is 1. The standard InChI is InChI=1S/C29H26N4O4/c1-18-8-13-22-24(32(18)29(36)37-2)14-15-25-27(22)31-26(33(25)21-11-9-19(17-30)10-12-21)16-23(28(34)35)20-6-4-3-5-7-20/h3-7,9-12,14-15,18,23H,8,13,16H2,1-2H3,(H,34,35)/t18-,23?/m0/s1.